The number of benzene rings is 1. The van der Waals surface area contributed by atoms with Gasteiger partial charge >= 0.3 is 0 Å². The highest BCUT2D eigenvalue weighted by Crippen LogP contribution is 2.27. The fourth-order valence-electron chi connectivity index (χ4n) is 2.40. The van der Waals surface area contributed by atoms with Crippen LogP contribution in [0.4, 0.5) is 0 Å². The first-order chi connectivity index (χ1) is 9.85. The Morgan fingerprint density at radius 2 is 2.00 bits per heavy atom. The molecule has 2 rings (SSSR count). The quantitative estimate of drug-likeness (QED) is 0.826. The van der Waals surface area contributed by atoms with Gasteiger partial charge in [-0.2, -0.15) is 0 Å². The number of hydrogen-bond donors (Lipinski definition) is 2. The molecule has 1 aliphatic rings. The van der Waals surface area contributed by atoms with Gasteiger partial charge in [0, 0.05) is 13.1 Å². The van der Waals surface area contributed by atoms with E-state index < -0.39 is 5.54 Å². The molecule has 21 heavy (non-hydrogen) atoms. The second kappa shape index (κ2) is 6.48. The van der Waals surface area contributed by atoms with Crippen LogP contribution in [0.2, 0.25) is 10.0 Å². The lowest BCUT2D eigenvalue weighted by molar-refractivity contribution is 0.0890. The summed E-state index contributed by atoms with van der Waals surface area (Å²) in [6, 6.07) is 4.95. The van der Waals surface area contributed by atoms with Gasteiger partial charge in [0.1, 0.15) is 0 Å². The maximum absolute atomic E-state index is 12.5. The van der Waals surface area contributed by atoms with Gasteiger partial charge in [0.2, 0.25) is 0 Å². The zero-order chi connectivity index (χ0) is 15.6. The first kappa shape index (κ1) is 16.5. The fourth-order valence-corrected chi connectivity index (χ4v) is 3.04. The van der Waals surface area contributed by atoms with Crippen LogP contribution in [0.25, 0.3) is 0 Å². The average Bonchev–Trinajstić information content (AvgIpc) is 2.44. The maximum Gasteiger partial charge on any atom is 0.253 e. The molecule has 3 N–H and O–H groups in total. The lowest BCUT2D eigenvalue weighted by atomic mass is 9.87. The predicted molar refractivity (Wildman–Crippen MR) is 90.2 cm³/mol. The summed E-state index contributed by atoms with van der Waals surface area (Å²) in [5.74, 6) is -0.306. The van der Waals surface area contributed by atoms with Crippen LogP contribution >= 0.6 is 35.4 Å². The number of amides is 1. The normalized spacial score (nSPS) is 18.2. The highest BCUT2D eigenvalue weighted by Gasteiger charge is 2.38. The molecule has 0 bridgehead atoms. The predicted octanol–water partition coefficient (Wildman–Crippen LogP) is 2.47. The largest absolute Gasteiger partial charge is 0.391 e. The molecule has 114 valence electrons. The van der Waals surface area contributed by atoms with Crippen molar-refractivity contribution in [2.45, 2.75) is 18.4 Å². The van der Waals surface area contributed by atoms with Gasteiger partial charge in [-0.25, -0.2) is 0 Å². The SMILES string of the molecule is CN1CCC(NC(=O)c2cccc(Cl)c2Cl)(C(N)=S)CC1. The van der Waals surface area contributed by atoms with Gasteiger partial charge in [0.15, 0.2) is 0 Å². The fraction of sp³-hybridized carbons (Fsp3) is 0.429. The molecule has 1 heterocycles. The Balaban J connectivity index is 2.23. The molecule has 0 radical (unpaired) electrons. The van der Waals surface area contributed by atoms with Gasteiger partial charge in [-0.1, -0.05) is 41.5 Å². The summed E-state index contributed by atoms with van der Waals surface area (Å²) in [7, 11) is 2.03. The van der Waals surface area contributed by atoms with E-state index in [1.807, 2.05) is 7.05 Å². The van der Waals surface area contributed by atoms with Crippen molar-refractivity contribution in [1.29, 1.82) is 0 Å². The van der Waals surface area contributed by atoms with Crippen molar-refractivity contribution in [3.05, 3.63) is 33.8 Å². The molecular weight excluding hydrogens is 329 g/mol. The van der Waals surface area contributed by atoms with Crippen LogP contribution in [0.3, 0.4) is 0 Å². The van der Waals surface area contributed by atoms with E-state index in [0.29, 0.717) is 28.4 Å². The number of thiocarbonyl (C=S) groups is 1. The van der Waals surface area contributed by atoms with E-state index in [0.717, 1.165) is 13.1 Å². The van der Waals surface area contributed by atoms with E-state index in [2.05, 4.69) is 10.2 Å². The second-order valence-corrected chi connectivity index (χ2v) is 6.53. The summed E-state index contributed by atoms with van der Waals surface area (Å²) in [4.78, 5) is 15.0. The summed E-state index contributed by atoms with van der Waals surface area (Å²) in [6.45, 7) is 1.64. The van der Waals surface area contributed by atoms with Crippen LogP contribution in [0.1, 0.15) is 23.2 Å². The van der Waals surface area contributed by atoms with Gasteiger partial charge < -0.3 is 16.0 Å². The van der Waals surface area contributed by atoms with E-state index >= 15 is 0 Å². The van der Waals surface area contributed by atoms with E-state index in [1.54, 1.807) is 18.2 Å². The molecule has 1 aromatic rings. The summed E-state index contributed by atoms with van der Waals surface area (Å²) in [5, 5.41) is 3.54. The molecule has 1 fully saturated rings. The first-order valence-electron chi connectivity index (χ1n) is 6.61. The topological polar surface area (TPSA) is 58.4 Å². The molecule has 1 saturated heterocycles. The Hall–Kier alpha value is -0.880. The van der Waals surface area contributed by atoms with E-state index in [4.69, 9.17) is 41.2 Å². The highest BCUT2D eigenvalue weighted by molar-refractivity contribution is 7.80. The summed E-state index contributed by atoms with van der Waals surface area (Å²) < 4.78 is 0. The monoisotopic (exact) mass is 345 g/mol. The van der Waals surface area contributed by atoms with Crippen molar-refractivity contribution in [2.24, 2.45) is 5.73 Å². The Morgan fingerprint density at radius 1 is 1.38 bits per heavy atom. The lowest BCUT2D eigenvalue weighted by Gasteiger charge is -2.40. The summed E-state index contributed by atoms with van der Waals surface area (Å²) >= 11 is 17.2. The number of nitrogens with two attached hydrogens (primary N) is 1. The minimum Gasteiger partial charge on any atom is -0.391 e. The number of rotatable bonds is 3. The summed E-state index contributed by atoms with van der Waals surface area (Å²) in [6.07, 6.45) is 1.37. The molecule has 7 heteroatoms. The third-order valence-corrected chi connectivity index (χ3v) is 5.07. The van der Waals surface area contributed by atoms with Crippen LogP contribution in [-0.4, -0.2) is 41.5 Å². The molecule has 0 unspecified atom stereocenters. The van der Waals surface area contributed by atoms with Gasteiger partial charge in [0.05, 0.1) is 26.1 Å². The lowest BCUT2D eigenvalue weighted by Crippen LogP contribution is -2.61. The van der Waals surface area contributed by atoms with E-state index in [-0.39, 0.29) is 10.9 Å². The van der Waals surface area contributed by atoms with Gasteiger partial charge in [-0.05, 0) is 32.0 Å². The zero-order valence-corrected chi connectivity index (χ0v) is 14.0. The third kappa shape index (κ3) is 3.48. The minimum absolute atomic E-state index is 0.239. The molecule has 0 aromatic heterocycles. The maximum atomic E-state index is 12.5. The van der Waals surface area contributed by atoms with Crippen LogP contribution in [0.15, 0.2) is 18.2 Å². The van der Waals surface area contributed by atoms with Crippen LogP contribution in [0.5, 0.6) is 0 Å². The molecule has 0 spiro atoms. The Kier molecular flexibility index (Phi) is 5.09. The molecule has 1 amide bonds. The minimum atomic E-state index is -0.662. The standard InChI is InChI=1S/C14H17Cl2N3OS/c1-19-7-5-14(6-8-19,13(17)21)18-12(20)9-3-2-4-10(15)11(9)16/h2-4H,5-8H2,1H3,(H2,17,21)(H,18,20). The Bertz CT molecular complexity index is 571. The first-order valence-corrected chi connectivity index (χ1v) is 7.77. The molecule has 0 saturated carbocycles. The van der Waals surface area contributed by atoms with Crippen molar-refractivity contribution in [2.75, 3.05) is 20.1 Å². The molecule has 4 nitrogen and oxygen atoms in total. The Morgan fingerprint density at radius 3 is 2.57 bits per heavy atom. The van der Waals surface area contributed by atoms with E-state index in [9.17, 15) is 4.79 Å². The molecule has 0 aliphatic carbocycles. The molecule has 1 aromatic carbocycles. The van der Waals surface area contributed by atoms with Crippen LogP contribution < -0.4 is 11.1 Å². The highest BCUT2D eigenvalue weighted by atomic mass is 35.5. The zero-order valence-electron chi connectivity index (χ0n) is 11.7. The number of hydrogen-bond acceptors (Lipinski definition) is 3. The molecule has 1 aliphatic heterocycles. The van der Waals surface area contributed by atoms with Gasteiger partial charge in [-0.15, -0.1) is 0 Å². The molecular formula is C14H17Cl2N3OS. The summed E-state index contributed by atoms with van der Waals surface area (Å²) in [5.41, 5.74) is 5.55. The van der Waals surface area contributed by atoms with E-state index in [1.165, 1.54) is 0 Å². The number of carbonyl (C=O) groups is 1. The second-order valence-electron chi connectivity index (χ2n) is 5.31. The van der Waals surface area contributed by atoms with Crippen molar-refractivity contribution in [1.82, 2.24) is 10.2 Å². The number of piperidine rings is 1. The number of likely N-dealkylation sites (tertiary alicyclic amines) is 1. The third-order valence-electron chi connectivity index (χ3n) is 3.86. The number of carbonyl (C=O) groups excluding carboxylic acids is 1. The Labute approximate surface area is 139 Å². The van der Waals surface area contributed by atoms with Crippen molar-refractivity contribution in [3.8, 4) is 0 Å². The molecule has 0 atom stereocenters. The number of halogens is 2. The van der Waals surface area contributed by atoms with Crippen LogP contribution in [0, 0.1) is 0 Å². The van der Waals surface area contributed by atoms with Crippen LogP contribution in [-0.2, 0) is 0 Å². The average molecular weight is 346 g/mol. The van der Waals surface area contributed by atoms with Crippen molar-refractivity contribution in [3.63, 3.8) is 0 Å². The van der Waals surface area contributed by atoms with Gasteiger partial charge in [0.25, 0.3) is 5.91 Å². The van der Waals surface area contributed by atoms with Crippen molar-refractivity contribution >= 4 is 46.3 Å². The van der Waals surface area contributed by atoms with Gasteiger partial charge in [-0.3, -0.25) is 4.79 Å². The number of nitrogens with zero attached hydrogens (tertiary/aromatic N) is 1. The smallest absolute Gasteiger partial charge is 0.253 e. The van der Waals surface area contributed by atoms with Crippen molar-refractivity contribution < 1.29 is 4.79 Å². The number of nitrogens with one attached hydrogen (secondary N) is 1.